The third-order valence-corrected chi connectivity index (χ3v) is 2.41. The summed E-state index contributed by atoms with van der Waals surface area (Å²) in [4.78, 5) is 0. The number of rotatable bonds is 10. The molecule has 0 aromatic carbocycles. The molecule has 0 saturated heterocycles. The van der Waals surface area contributed by atoms with Gasteiger partial charge in [0.2, 0.25) is 0 Å². The van der Waals surface area contributed by atoms with Crippen molar-refractivity contribution < 1.29 is 14.0 Å². The molecule has 1 N–H and O–H groups in total. The van der Waals surface area contributed by atoms with Gasteiger partial charge >= 0.3 is 0 Å². The normalized spacial score (nSPS) is 12.8. The second kappa shape index (κ2) is 9.08. The smallest absolute Gasteiger partial charge is 0.162 e. The van der Waals surface area contributed by atoms with E-state index in [9.17, 15) is 0 Å². The Morgan fingerprint density at radius 2 is 2.28 bits per heavy atom. The van der Waals surface area contributed by atoms with Crippen LogP contribution in [-0.2, 0) is 22.6 Å². The van der Waals surface area contributed by atoms with Crippen molar-refractivity contribution in [3.05, 3.63) is 17.5 Å². The summed E-state index contributed by atoms with van der Waals surface area (Å²) >= 11 is 0. The number of nitrogens with one attached hydrogen (secondary N) is 1. The second-order valence-corrected chi connectivity index (χ2v) is 4.24. The molecular formula is C13H24N2O3. The molecule has 0 aliphatic heterocycles. The summed E-state index contributed by atoms with van der Waals surface area (Å²) in [6.07, 6.45) is 1.18. The van der Waals surface area contributed by atoms with Crippen molar-refractivity contribution in [1.29, 1.82) is 0 Å². The van der Waals surface area contributed by atoms with E-state index in [0.29, 0.717) is 19.8 Å². The van der Waals surface area contributed by atoms with E-state index >= 15 is 0 Å². The minimum Gasteiger partial charge on any atom is -0.379 e. The Bertz CT molecular complexity index is 315. The van der Waals surface area contributed by atoms with Gasteiger partial charge in [0, 0.05) is 19.2 Å². The Labute approximate surface area is 109 Å². The van der Waals surface area contributed by atoms with Crippen LogP contribution in [0.25, 0.3) is 0 Å². The molecule has 0 aliphatic rings. The predicted octanol–water partition coefficient (Wildman–Crippen LogP) is 2.12. The summed E-state index contributed by atoms with van der Waals surface area (Å²) in [5.74, 6) is 0.756. The summed E-state index contributed by atoms with van der Waals surface area (Å²) in [7, 11) is 0. The zero-order valence-electron chi connectivity index (χ0n) is 11.6. The maximum Gasteiger partial charge on any atom is 0.162 e. The average Bonchev–Trinajstić information content (AvgIpc) is 2.82. The van der Waals surface area contributed by atoms with E-state index < -0.39 is 0 Å². The van der Waals surface area contributed by atoms with Gasteiger partial charge in [0.05, 0.1) is 18.4 Å². The van der Waals surface area contributed by atoms with E-state index in [1.807, 2.05) is 19.9 Å². The molecule has 0 saturated carbocycles. The van der Waals surface area contributed by atoms with Gasteiger partial charge in [0.15, 0.2) is 5.76 Å². The first kappa shape index (κ1) is 15.1. The molecule has 18 heavy (non-hydrogen) atoms. The van der Waals surface area contributed by atoms with Gasteiger partial charge in [-0.3, -0.25) is 0 Å². The first-order valence-corrected chi connectivity index (χ1v) is 6.60. The zero-order valence-corrected chi connectivity index (χ0v) is 11.6. The lowest BCUT2D eigenvalue weighted by molar-refractivity contribution is -0.0183. The molecule has 1 atom stereocenters. The topological polar surface area (TPSA) is 56.5 Å². The molecule has 0 bridgehead atoms. The fourth-order valence-electron chi connectivity index (χ4n) is 1.46. The number of hydrogen-bond acceptors (Lipinski definition) is 5. The highest BCUT2D eigenvalue weighted by Crippen LogP contribution is 2.07. The van der Waals surface area contributed by atoms with Gasteiger partial charge in [0.25, 0.3) is 0 Å². The molecule has 1 unspecified atom stereocenters. The molecule has 0 spiro atoms. The van der Waals surface area contributed by atoms with Crippen LogP contribution >= 0.6 is 0 Å². The minimum atomic E-state index is 0.0664. The van der Waals surface area contributed by atoms with Gasteiger partial charge < -0.3 is 19.3 Å². The van der Waals surface area contributed by atoms with Crippen molar-refractivity contribution in [2.45, 2.75) is 46.4 Å². The van der Waals surface area contributed by atoms with Crippen LogP contribution in [0.2, 0.25) is 0 Å². The molecule has 104 valence electrons. The summed E-state index contributed by atoms with van der Waals surface area (Å²) in [6.45, 7) is 9.58. The number of nitrogens with zero attached hydrogens (tertiary/aromatic N) is 1. The predicted molar refractivity (Wildman–Crippen MR) is 69.2 cm³/mol. The molecule has 1 heterocycles. The highest BCUT2D eigenvalue weighted by Gasteiger charge is 2.07. The van der Waals surface area contributed by atoms with E-state index in [1.54, 1.807) is 0 Å². The van der Waals surface area contributed by atoms with E-state index in [2.05, 4.69) is 17.4 Å². The van der Waals surface area contributed by atoms with Crippen LogP contribution in [-0.4, -0.2) is 31.0 Å². The number of hydrogen-bond donors (Lipinski definition) is 1. The maximum absolute atomic E-state index is 5.59. The Morgan fingerprint density at radius 3 is 3.00 bits per heavy atom. The fourth-order valence-corrected chi connectivity index (χ4v) is 1.46. The molecule has 1 aromatic rings. The van der Waals surface area contributed by atoms with E-state index in [0.717, 1.165) is 31.0 Å². The lowest BCUT2D eigenvalue weighted by atomic mass is 10.3. The Hall–Kier alpha value is -0.910. The molecule has 5 heteroatoms. The van der Waals surface area contributed by atoms with E-state index in [4.69, 9.17) is 14.0 Å². The Morgan fingerprint density at radius 1 is 1.44 bits per heavy atom. The monoisotopic (exact) mass is 256 g/mol. The van der Waals surface area contributed by atoms with Gasteiger partial charge in [-0.2, -0.15) is 0 Å². The Kier molecular flexibility index (Phi) is 7.64. The molecule has 1 aromatic heterocycles. The molecule has 5 nitrogen and oxygen atoms in total. The van der Waals surface area contributed by atoms with Crippen molar-refractivity contribution in [2.24, 2.45) is 0 Å². The van der Waals surface area contributed by atoms with Crippen LogP contribution in [0.15, 0.2) is 10.6 Å². The van der Waals surface area contributed by atoms with Gasteiger partial charge in [-0.15, -0.1) is 0 Å². The molecule has 0 radical (unpaired) electrons. The first-order valence-electron chi connectivity index (χ1n) is 6.60. The third-order valence-electron chi connectivity index (χ3n) is 2.41. The fraction of sp³-hybridized carbons (Fsp3) is 0.769. The van der Waals surface area contributed by atoms with Crippen molar-refractivity contribution >= 4 is 0 Å². The van der Waals surface area contributed by atoms with Crippen molar-refractivity contribution in [2.75, 3.05) is 19.8 Å². The first-order chi connectivity index (χ1) is 8.76. The van der Waals surface area contributed by atoms with Crippen LogP contribution in [0.5, 0.6) is 0 Å². The van der Waals surface area contributed by atoms with Crippen LogP contribution in [0.1, 0.15) is 38.6 Å². The van der Waals surface area contributed by atoms with Gasteiger partial charge in [-0.1, -0.05) is 12.1 Å². The lowest BCUT2D eigenvalue weighted by Gasteiger charge is -2.10. The summed E-state index contributed by atoms with van der Waals surface area (Å²) in [5.41, 5.74) is 0.916. The van der Waals surface area contributed by atoms with Crippen molar-refractivity contribution in [3.8, 4) is 0 Å². The molecule has 0 fully saturated rings. The third kappa shape index (κ3) is 6.14. The quantitative estimate of drug-likeness (QED) is 0.650. The maximum atomic E-state index is 5.59. The highest BCUT2D eigenvalue weighted by atomic mass is 16.5. The van der Waals surface area contributed by atoms with E-state index in [1.165, 1.54) is 0 Å². The summed E-state index contributed by atoms with van der Waals surface area (Å²) in [5, 5.41) is 7.25. The lowest BCUT2D eigenvalue weighted by Crippen LogP contribution is -2.15. The Balaban J connectivity index is 2.22. The zero-order chi connectivity index (χ0) is 13.2. The molecular weight excluding hydrogens is 232 g/mol. The van der Waals surface area contributed by atoms with Crippen LogP contribution in [0.4, 0.5) is 0 Å². The SMILES string of the molecule is CCCNCc1cc(COC(C)COCC)on1. The van der Waals surface area contributed by atoms with E-state index in [-0.39, 0.29) is 6.10 Å². The molecule has 0 amide bonds. The standard InChI is InChI=1S/C13H24N2O3/c1-4-6-14-8-12-7-13(18-15-12)10-17-11(3)9-16-5-2/h7,11,14H,4-6,8-10H2,1-3H3. The van der Waals surface area contributed by atoms with Crippen LogP contribution in [0.3, 0.4) is 0 Å². The van der Waals surface area contributed by atoms with Crippen molar-refractivity contribution in [1.82, 2.24) is 10.5 Å². The highest BCUT2D eigenvalue weighted by molar-refractivity contribution is 5.04. The van der Waals surface area contributed by atoms with Gasteiger partial charge in [0.1, 0.15) is 6.61 Å². The largest absolute Gasteiger partial charge is 0.379 e. The van der Waals surface area contributed by atoms with Crippen LogP contribution in [0, 0.1) is 0 Å². The van der Waals surface area contributed by atoms with Gasteiger partial charge in [-0.05, 0) is 26.8 Å². The van der Waals surface area contributed by atoms with Crippen LogP contribution < -0.4 is 5.32 Å². The average molecular weight is 256 g/mol. The summed E-state index contributed by atoms with van der Waals surface area (Å²) in [6, 6.07) is 1.93. The number of aromatic nitrogens is 1. The van der Waals surface area contributed by atoms with Gasteiger partial charge in [-0.25, -0.2) is 0 Å². The molecule has 1 rings (SSSR count). The number of ether oxygens (including phenoxy) is 2. The molecule has 0 aliphatic carbocycles. The van der Waals surface area contributed by atoms with Crippen molar-refractivity contribution in [3.63, 3.8) is 0 Å². The summed E-state index contributed by atoms with van der Waals surface area (Å²) < 4.78 is 16.1. The minimum absolute atomic E-state index is 0.0664. The second-order valence-electron chi connectivity index (χ2n) is 4.24.